The Bertz CT molecular complexity index is 706. The lowest BCUT2D eigenvalue weighted by Gasteiger charge is -2.28. The van der Waals surface area contributed by atoms with Crippen molar-refractivity contribution in [2.75, 3.05) is 54.5 Å². The summed E-state index contributed by atoms with van der Waals surface area (Å²) in [6.45, 7) is 9.28. The van der Waals surface area contributed by atoms with Crippen molar-refractivity contribution >= 4 is 23.1 Å². The van der Waals surface area contributed by atoms with Crippen LogP contribution in [0.2, 0.25) is 0 Å². The number of pyridine rings is 1. The lowest BCUT2D eigenvalue weighted by atomic mass is 10.1. The Morgan fingerprint density at radius 2 is 1.81 bits per heavy atom. The molecule has 3 rings (SSSR count). The minimum absolute atomic E-state index is 0.129. The van der Waals surface area contributed by atoms with Crippen LogP contribution in [0.3, 0.4) is 0 Å². The first kappa shape index (κ1) is 18.2. The molecule has 1 aliphatic heterocycles. The van der Waals surface area contributed by atoms with Gasteiger partial charge in [0.1, 0.15) is 5.82 Å². The van der Waals surface area contributed by atoms with Crippen molar-refractivity contribution in [2.24, 2.45) is 0 Å². The van der Waals surface area contributed by atoms with Gasteiger partial charge in [-0.25, -0.2) is 4.98 Å². The normalized spacial score (nSPS) is 14.2. The zero-order valence-corrected chi connectivity index (χ0v) is 15.4. The van der Waals surface area contributed by atoms with Crippen LogP contribution < -0.4 is 15.1 Å². The summed E-state index contributed by atoms with van der Waals surface area (Å²) in [5.41, 5.74) is 2.45. The van der Waals surface area contributed by atoms with E-state index in [9.17, 15) is 4.79 Å². The molecule has 0 unspecified atom stereocenters. The average molecular weight is 354 g/mol. The van der Waals surface area contributed by atoms with Crippen molar-refractivity contribution in [3.05, 3.63) is 48.2 Å². The van der Waals surface area contributed by atoms with E-state index in [-0.39, 0.29) is 5.91 Å². The number of anilines is 3. The number of aromatic nitrogens is 1. The van der Waals surface area contributed by atoms with Crippen LogP contribution in [0.1, 0.15) is 24.2 Å². The highest BCUT2D eigenvalue weighted by Gasteiger charge is 2.12. The minimum atomic E-state index is -0.129. The van der Waals surface area contributed by atoms with E-state index < -0.39 is 0 Å². The first-order chi connectivity index (χ1) is 12.7. The van der Waals surface area contributed by atoms with Crippen molar-refractivity contribution in [2.45, 2.75) is 13.8 Å². The van der Waals surface area contributed by atoms with Gasteiger partial charge in [-0.05, 0) is 50.2 Å². The molecule has 1 aromatic carbocycles. The molecule has 1 fully saturated rings. The highest BCUT2D eigenvalue weighted by molar-refractivity contribution is 6.04. The van der Waals surface area contributed by atoms with E-state index in [1.165, 1.54) is 0 Å². The maximum absolute atomic E-state index is 12.4. The van der Waals surface area contributed by atoms with Gasteiger partial charge < -0.3 is 19.9 Å². The Labute approximate surface area is 154 Å². The van der Waals surface area contributed by atoms with Crippen molar-refractivity contribution in [3.63, 3.8) is 0 Å². The maximum atomic E-state index is 12.4. The van der Waals surface area contributed by atoms with E-state index in [0.29, 0.717) is 11.3 Å². The van der Waals surface area contributed by atoms with E-state index in [0.717, 1.165) is 50.9 Å². The van der Waals surface area contributed by atoms with Crippen LogP contribution in [0.15, 0.2) is 42.6 Å². The van der Waals surface area contributed by atoms with Gasteiger partial charge in [-0.1, -0.05) is 0 Å². The van der Waals surface area contributed by atoms with Gasteiger partial charge in [0.05, 0.1) is 25.1 Å². The third-order valence-electron chi connectivity index (χ3n) is 4.60. The van der Waals surface area contributed by atoms with Crippen LogP contribution in [-0.2, 0) is 4.74 Å². The van der Waals surface area contributed by atoms with E-state index >= 15 is 0 Å². The van der Waals surface area contributed by atoms with Gasteiger partial charge in [0.2, 0.25) is 0 Å². The van der Waals surface area contributed by atoms with Crippen LogP contribution in [0, 0.1) is 0 Å². The fraction of sp³-hybridized carbons (Fsp3) is 0.400. The molecular formula is C20H26N4O2. The second-order valence-corrected chi connectivity index (χ2v) is 6.18. The van der Waals surface area contributed by atoms with Crippen molar-refractivity contribution in [1.29, 1.82) is 0 Å². The second kappa shape index (κ2) is 8.67. The number of rotatable bonds is 6. The van der Waals surface area contributed by atoms with Gasteiger partial charge in [-0.15, -0.1) is 0 Å². The smallest absolute Gasteiger partial charge is 0.255 e. The van der Waals surface area contributed by atoms with E-state index in [1.807, 2.05) is 36.4 Å². The molecule has 0 radical (unpaired) electrons. The zero-order chi connectivity index (χ0) is 18.4. The molecule has 6 heteroatoms. The largest absolute Gasteiger partial charge is 0.378 e. The van der Waals surface area contributed by atoms with Gasteiger partial charge in [0.15, 0.2) is 0 Å². The first-order valence-corrected chi connectivity index (χ1v) is 9.16. The second-order valence-electron chi connectivity index (χ2n) is 6.18. The number of benzene rings is 1. The average Bonchev–Trinajstić information content (AvgIpc) is 2.71. The Morgan fingerprint density at radius 1 is 1.12 bits per heavy atom. The fourth-order valence-electron chi connectivity index (χ4n) is 3.04. The topological polar surface area (TPSA) is 57.7 Å². The number of ether oxygens (including phenoxy) is 1. The van der Waals surface area contributed by atoms with Crippen LogP contribution in [0.25, 0.3) is 0 Å². The maximum Gasteiger partial charge on any atom is 0.255 e. The van der Waals surface area contributed by atoms with Gasteiger partial charge in [0, 0.05) is 37.4 Å². The molecular weight excluding hydrogens is 328 g/mol. The number of hydrogen-bond donors (Lipinski definition) is 1. The van der Waals surface area contributed by atoms with Crippen LogP contribution >= 0.6 is 0 Å². The Balaban J connectivity index is 1.62. The number of nitrogens with zero attached hydrogens (tertiary/aromatic N) is 3. The number of nitrogens with one attached hydrogen (secondary N) is 1. The fourth-order valence-corrected chi connectivity index (χ4v) is 3.04. The van der Waals surface area contributed by atoms with E-state index in [2.05, 4.69) is 33.9 Å². The predicted octanol–water partition coefficient (Wildman–Crippen LogP) is 3.02. The Morgan fingerprint density at radius 3 is 2.38 bits per heavy atom. The molecule has 1 aliphatic rings. The van der Waals surface area contributed by atoms with Crippen molar-refractivity contribution in [1.82, 2.24) is 4.98 Å². The molecule has 0 atom stereocenters. The quantitative estimate of drug-likeness (QED) is 0.864. The van der Waals surface area contributed by atoms with Crippen molar-refractivity contribution < 1.29 is 9.53 Å². The monoisotopic (exact) mass is 354 g/mol. The molecule has 0 spiro atoms. The van der Waals surface area contributed by atoms with Crippen LogP contribution in [-0.4, -0.2) is 50.3 Å². The molecule has 0 saturated carbocycles. The lowest BCUT2D eigenvalue weighted by molar-refractivity contribution is 0.102. The van der Waals surface area contributed by atoms with Gasteiger partial charge in [-0.2, -0.15) is 0 Å². The molecule has 6 nitrogen and oxygen atoms in total. The summed E-state index contributed by atoms with van der Waals surface area (Å²) in [4.78, 5) is 21.3. The SMILES string of the molecule is CCN(CC)c1ccc(NC(=O)c2ccc(N3CCOCC3)cc2)cn1. The van der Waals surface area contributed by atoms with Crippen LogP contribution in [0.5, 0.6) is 0 Å². The van der Waals surface area contributed by atoms with E-state index in [4.69, 9.17) is 4.74 Å². The van der Waals surface area contributed by atoms with E-state index in [1.54, 1.807) is 6.20 Å². The number of amides is 1. The highest BCUT2D eigenvalue weighted by Crippen LogP contribution is 2.18. The summed E-state index contributed by atoms with van der Waals surface area (Å²) in [6.07, 6.45) is 1.70. The summed E-state index contributed by atoms with van der Waals surface area (Å²) in [7, 11) is 0. The van der Waals surface area contributed by atoms with Gasteiger partial charge in [-0.3, -0.25) is 4.79 Å². The summed E-state index contributed by atoms with van der Waals surface area (Å²) >= 11 is 0. The summed E-state index contributed by atoms with van der Waals surface area (Å²) in [5, 5.41) is 2.91. The molecule has 0 aliphatic carbocycles. The third-order valence-corrected chi connectivity index (χ3v) is 4.60. The zero-order valence-electron chi connectivity index (χ0n) is 15.4. The molecule has 1 aromatic heterocycles. The number of morpholine rings is 1. The minimum Gasteiger partial charge on any atom is -0.378 e. The van der Waals surface area contributed by atoms with Gasteiger partial charge >= 0.3 is 0 Å². The highest BCUT2D eigenvalue weighted by atomic mass is 16.5. The van der Waals surface area contributed by atoms with Gasteiger partial charge in [0.25, 0.3) is 5.91 Å². The predicted molar refractivity (Wildman–Crippen MR) is 105 cm³/mol. The number of hydrogen-bond acceptors (Lipinski definition) is 5. The third kappa shape index (κ3) is 4.32. The molecule has 0 bridgehead atoms. The number of carbonyl (C=O) groups is 1. The standard InChI is InChI=1S/C20H26N4O2/c1-3-23(4-2)19-10-7-17(15-21-19)22-20(25)16-5-8-18(9-6-16)24-11-13-26-14-12-24/h5-10,15H,3-4,11-14H2,1-2H3,(H,22,25). The Kier molecular flexibility index (Phi) is 6.07. The summed E-state index contributed by atoms with van der Waals surface area (Å²) in [5.74, 6) is 0.791. The Hall–Kier alpha value is -2.60. The molecule has 1 amide bonds. The molecule has 1 N–H and O–H groups in total. The summed E-state index contributed by atoms with van der Waals surface area (Å²) in [6, 6.07) is 11.5. The van der Waals surface area contributed by atoms with Crippen molar-refractivity contribution in [3.8, 4) is 0 Å². The summed E-state index contributed by atoms with van der Waals surface area (Å²) < 4.78 is 5.37. The first-order valence-electron chi connectivity index (χ1n) is 9.16. The molecule has 26 heavy (non-hydrogen) atoms. The molecule has 2 heterocycles. The number of carbonyl (C=O) groups excluding carboxylic acids is 1. The molecule has 1 saturated heterocycles. The molecule has 138 valence electrons. The molecule has 2 aromatic rings. The van der Waals surface area contributed by atoms with Crippen LogP contribution in [0.4, 0.5) is 17.2 Å². The lowest BCUT2D eigenvalue weighted by Crippen LogP contribution is -2.36.